The Morgan fingerprint density at radius 2 is 2.33 bits per heavy atom. The highest BCUT2D eigenvalue weighted by molar-refractivity contribution is 7.09. The number of halogens is 1. The molecule has 5 heteroatoms. The molecule has 2 aromatic rings. The first-order valence-corrected chi connectivity index (χ1v) is 5.31. The molecule has 2 rings (SSSR count). The molecule has 0 amide bonds. The molecule has 3 N–H and O–H groups in total. The normalized spacial score (nSPS) is 10.2. The quantitative estimate of drug-likeness (QED) is 0.786. The Balaban J connectivity index is 2.08. The molecule has 3 nitrogen and oxygen atoms in total. The number of hydrogen-bond acceptors (Lipinski definition) is 4. The molecule has 0 fully saturated rings. The minimum absolute atomic E-state index is 0.147. The standard InChI is InChI=1S/C10H10FN3S/c11-7-2-1-3-8(10(7)12)14-6-9-13-4-5-15-9/h1-5,14H,6,12H2. The molecule has 1 aromatic heterocycles. The van der Waals surface area contributed by atoms with Gasteiger partial charge in [0, 0.05) is 11.6 Å². The van der Waals surface area contributed by atoms with Gasteiger partial charge in [-0.1, -0.05) is 6.07 Å². The van der Waals surface area contributed by atoms with Gasteiger partial charge in [-0.3, -0.25) is 0 Å². The Labute approximate surface area is 90.8 Å². The van der Waals surface area contributed by atoms with Crippen LogP contribution in [0.1, 0.15) is 5.01 Å². The highest BCUT2D eigenvalue weighted by Crippen LogP contribution is 2.21. The topological polar surface area (TPSA) is 50.9 Å². The summed E-state index contributed by atoms with van der Waals surface area (Å²) in [4.78, 5) is 4.10. The van der Waals surface area contributed by atoms with E-state index in [0.717, 1.165) is 5.01 Å². The van der Waals surface area contributed by atoms with E-state index in [2.05, 4.69) is 10.3 Å². The lowest BCUT2D eigenvalue weighted by atomic mass is 10.2. The fraction of sp³-hybridized carbons (Fsp3) is 0.100. The van der Waals surface area contributed by atoms with Crippen LogP contribution in [0.4, 0.5) is 15.8 Å². The monoisotopic (exact) mass is 223 g/mol. The van der Waals surface area contributed by atoms with Crippen LogP contribution in [0.15, 0.2) is 29.8 Å². The number of para-hydroxylation sites is 1. The maximum Gasteiger partial charge on any atom is 0.148 e. The van der Waals surface area contributed by atoms with Crippen LogP contribution < -0.4 is 11.1 Å². The van der Waals surface area contributed by atoms with E-state index < -0.39 is 5.82 Å². The van der Waals surface area contributed by atoms with Crippen LogP contribution in [0.2, 0.25) is 0 Å². The average molecular weight is 223 g/mol. The molecule has 1 aromatic carbocycles. The highest BCUT2D eigenvalue weighted by atomic mass is 32.1. The van der Waals surface area contributed by atoms with Crippen molar-refractivity contribution in [2.24, 2.45) is 0 Å². The molecule has 0 bridgehead atoms. The molecular formula is C10H10FN3S. The number of rotatable bonds is 3. The second-order valence-corrected chi connectivity index (χ2v) is 3.96. The van der Waals surface area contributed by atoms with Crippen molar-refractivity contribution < 1.29 is 4.39 Å². The van der Waals surface area contributed by atoms with E-state index in [4.69, 9.17) is 5.73 Å². The third-order valence-corrected chi connectivity index (χ3v) is 2.75. The maximum atomic E-state index is 13.1. The Kier molecular flexibility index (Phi) is 2.82. The zero-order valence-electron chi connectivity index (χ0n) is 7.90. The van der Waals surface area contributed by atoms with Gasteiger partial charge in [-0.15, -0.1) is 11.3 Å². The minimum atomic E-state index is -0.404. The molecular weight excluding hydrogens is 213 g/mol. The predicted octanol–water partition coefficient (Wildman–Crippen LogP) is 2.48. The third kappa shape index (κ3) is 2.24. The van der Waals surface area contributed by atoms with Crippen molar-refractivity contribution in [3.05, 3.63) is 40.6 Å². The number of nitrogens with zero attached hydrogens (tertiary/aromatic N) is 1. The average Bonchev–Trinajstić information content (AvgIpc) is 2.73. The molecule has 0 aliphatic rings. The van der Waals surface area contributed by atoms with Crippen molar-refractivity contribution in [3.63, 3.8) is 0 Å². The maximum absolute atomic E-state index is 13.1. The summed E-state index contributed by atoms with van der Waals surface area (Å²) >= 11 is 1.54. The number of benzene rings is 1. The number of nitrogens with one attached hydrogen (secondary N) is 1. The van der Waals surface area contributed by atoms with Gasteiger partial charge in [0.2, 0.25) is 0 Å². The Hall–Kier alpha value is -1.62. The zero-order valence-corrected chi connectivity index (χ0v) is 8.72. The van der Waals surface area contributed by atoms with Crippen molar-refractivity contribution in [3.8, 4) is 0 Å². The van der Waals surface area contributed by atoms with Gasteiger partial charge < -0.3 is 11.1 Å². The van der Waals surface area contributed by atoms with Gasteiger partial charge in [0.05, 0.1) is 17.9 Å². The van der Waals surface area contributed by atoms with Crippen LogP contribution in [0.25, 0.3) is 0 Å². The second kappa shape index (κ2) is 4.27. The van der Waals surface area contributed by atoms with Crippen molar-refractivity contribution in [1.82, 2.24) is 4.98 Å². The molecule has 0 aliphatic carbocycles. The summed E-state index contributed by atoms with van der Waals surface area (Å²) in [7, 11) is 0. The zero-order chi connectivity index (χ0) is 10.7. The number of hydrogen-bond donors (Lipinski definition) is 2. The second-order valence-electron chi connectivity index (χ2n) is 2.98. The predicted molar refractivity (Wildman–Crippen MR) is 60.3 cm³/mol. The van der Waals surface area contributed by atoms with Gasteiger partial charge in [0.1, 0.15) is 10.8 Å². The van der Waals surface area contributed by atoms with E-state index in [0.29, 0.717) is 12.2 Å². The van der Waals surface area contributed by atoms with Crippen molar-refractivity contribution in [1.29, 1.82) is 0 Å². The number of nitrogen functional groups attached to an aromatic ring is 1. The first-order valence-electron chi connectivity index (χ1n) is 4.43. The van der Waals surface area contributed by atoms with Crippen LogP contribution in [-0.2, 0) is 6.54 Å². The van der Waals surface area contributed by atoms with Gasteiger partial charge >= 0.3 is 0 Å². The summed E-state index contributed by atoms with van der Waals surface area (Å²) in [5, 5.41) is 5.88. The summed E-state index contributed by atoms with van der Waals surface area (Å²) in [5.74, 6) is -0.404. The van der Waals surface area contributed by atoms with E-state index in [1.54, 1.807) is 29.7 Å². The van der Waals surface area contributed by atoms with E-state index in [9.17, 15) is 4.39 Å². The van der Waals surface area contributed by atoms with Crippen LogP contribution in [-0.4, -0.2) is 4.98 Å². The number of anilines is 2. The molecule has 0 saturated heterocycles. The van der Waals surface area contributed by atoms with E-state index >= 15 is 0 Å². The molecule has 0 aliphatic heterocycles. The lowest BCUT2D eigenvalue weighted by molar-refractivity contribution is 0.633. The van der Waals surface area contributed by atoms with Gasteiger partial charge in [0.15, 0.2) is 0 Å². The third-order valence-electron chi connectivity index (χ3n) is 1.97. The van der Waals surface area contributed by atoms with Crippen molar-refractivity contribution >= 4 is 22.7 Å². The van der Waals surface area contributed by atoms with Crippen LogP contribution in [0.3, 0.4) is 0 Å². The summed E-state index contributed by atoms with van der Waals surface area (Å²) in [6.07, 6.45) is 1.73. The molecule has 15 heavy (non-hydrogen) atoms. The van der Waals surface area contributed by atoms with Crippen LogP contribution >= 0.6 is 11.3 Å². The molecule has 1 heterocycles. The summed E-state index contributed by atoms with van der Waals surface area (Å²) in [5.41, 5.74) is 6.32. The molecule has 0 saturated carbocycles. The van der Waals surface area contributed by atoms with Crippen LogP contribution in [0.5, 0.6) is 0 Å². The van der Waals surface area contributed by atoms with E-state index in [1.165, 1.54) is 6.07 Å². The van der Waals surface area contributed by atoms with E-state index in [-0.39, 0.29) is 5.69 Å². The molecule has 0 unspecified atom stereocenters. The van der Waals surface area contributed by atoms with Crippen LogP contribution in [0, 0.1) is 5.82 Å². The number of nitrogens with two attached hydrogens (primary N) is 1. The Morgan fingerprint density at radius 3 is 3.07 bits per heavy atom. The van der Waals surface area contributed by atoms with Gasteiger partial charge in [0.25, 0.3) is 0 Å². The summed E-state index contributed by atoms with van der Waals surface area (Å²) < 4.78 is 13.1. The Bertz CT molecular complexity index is 442. The lowest BCUT2D eigenvalue weighted by Gasteiger charge is -2.07. The summed E-state index contributed by atoms with van der Waals surface area (Å²) in [6.45, 7) is 0.561. The highest BCUT2D eigenvalue weighted by Gasteiger charge is 2.03. The Morgan fingerprint density at radius 1 is 1.47 bits per heavy atom. The van der Waals surface area contributed by atoms with Gasteiger partial charge in [-0.05, 0) is 12.1 Å². The molecule has 0 spiro atoms. The first-order chi connectivity index (χ1) is 7.27. The van der Waals surface area contributed by atoms with Crippen molar-refractivity contribution in [2.45, 2.75) is 6.54 Å². The van der Waals surface area contributed by atoms with Gasteiger partial charge in [-0.25, -0.2) is 9.37 Å². The van der Waals surface area contributed by atoms with Crippen molar-refractivity contribution in [2.75, 3.05) is 11.1 Å². The number of aromatic nitrogens is 1. The molecule has 78 valence electrons. The van der Waals surface area contributed by atoms with E-state index in [1.807, 2.05) is 5.38 Å². The summed E-state index contributed by atoms with van der Waals surface area (Å²) in [6, 6.07) is 4.70. The first kappa shape index (κ1) is 9.92. The van der Waals surface area contributed by atoms with Gasteiger partial charge in [-0.2, -0.15) is 0 Å². The minimum Gasteiger partial charge on any atom is -0.395 e. The number of thiazole rings is 1. The SMILES string of the molecule is Nc1c(F)cccc1NCc1nccs1. The molecule has 0 atom stereocenters. The largest absolute Gasteiger partial charge is 0.395 e. The lowest BCUT2D eigenvalue weighted by Crippen LogP contribution is -2.03. The molecule has 0 radical (unpaired) electrons. The fourth-order valence-electron chi connectivity index (χ4n) is 1.20. The fourth-order valence-corrected chi connectivity index (χ4v) is 1.76. The smallest absolute Gasteiger partial charge is 0.148 e.